The van der Waals surface area contributed by atoms with Gasteiger partial charge in [-0.05, 0) is 39.3 Å². The first-order chi connectivity index (χ1) is 9.76. The van der Waals surface area contributed by atoms with Crippen LogP contribution in [0.2, 0.25) is 0 Å². The quantitative estimate of drug-likeness (QED) is 0.893. The number of amides is 1. The molecule has 1 N–H and O–H groups in total. The van der Waals surface area contributed by atoms with Gasteiger partial charge < -0.3 is 9.84 Å². The lowest BCUT2D eigenvalue weighted by Crippen LogP contribution is -2.38. The summed E-state index contributed by atoms with van der Waals surface area (Å²) in [5.74, 6) is -1.06. The molecule has 0 saturated carbocycles. The minimum Gasteiger partial charge on any atom is -0.478 e. The molecule has 21 heavy (non-hydrogen) atoms. The first-order valence-electron chi connectivity index (χ1n) is 7.09. The topological polar surface area (TPSA) is 66.8 Å². The van der Waals surface area contributed by atoms with E-state index in [4.69, 9.17) is 4.74 Å². The van der Waals surface area contributed by atoms with Crippen molar-refractivity contribution in [2.24, 2.45) is 0 Å². The van der Waals surface area contributed by atoms with Crippen molar-refractivity contribution in [1.82, 2.24) is 0 Å². The number of hydrogen-bond donors (Lipinski definition) is 1. The van der Waals surface area contributed by atoms with Crippen molar-refractivity contribution in [3.8, 4) is 0 Å². The summed E-state index contributed by atoms with van der Waals surface area (Å²) in [6.45, 7) is 7.79. The Hall–Kier alpha value is -2.04. The standard InChI is InChI=1S/C16H23NO4/c1-5-6-11-17(15(20)21-16(2,3)4)13-10-8-7-9-12(13)14(18)19/h7-10H,5-6,11H2,1-4H3,(H,18,19). The highest BCUT2D eigenvalue weighted by molar-refractivity contribution is 5.99. The fourth-order valence-corrected chi connectivity index (χ4v) is 1.83. The third-order valence-electron chi connectivity index (χ3n) is 2.77. The Bertz CT molecular complexity index is 505. The molecule has 0 fully saturated rings. The van der Waals surface area contributed by atoms with Crippen LogP contribution in [0.3, 0.4) is 0 Å². The third kappa shape index (κ3) is 5.10. The summed E-state index contributed by atoms with van der Waals surface area (Å²) in [6.07, 6.45) is 1.14. The van der Waals surface area contributed by atoms with Gasteiger partial charge in [-0.2, -0.15) is 0 Å². The summed E-state index contributed by atoms with van der Waals surface area (Å²) < 4.78 is 5.38. The average molecular weight is 293 g/mol. The molecule has 0 unspecified atom stereocenters. The molecule has 5 heteroatoms. The molecule has 1 rings (SSSR count). The van der Waals surface area contributed by atoms with Gasteiger partial charge in [-0.3, -0.25) is 4.90 Å². The maximum absolute atomic E-state index is 12.4. The molecule has 0 aliphatic rings. The van der Waals surface area contributed by atoms with Crippen molar-refractivity contribution in [3.05, 3.63) is 29.8 Å². The fourth-order valence-electron chi connectivity index (χ4n) is 1.83. The number of anilines is 1. The minimum atomic E-state index is -1.06. The summed E-state index contributed by atoms with van der Waals surface area (Å²) in [5, 5.41) is 9.28. The van der Waals surface area contributed by atoms with E-state index < -0.39 is 17.7 Å². The van der Waals surface area contributed by atoms with E-state index in [9.17, 15) is 14.7 Å². The van der Waals surface area contributed by atoms with Gasteiger partial charge in [0.15, 0.2) is 0 Å². The second-order valence-electron chi connectivity index (χ2n) is 5.81. The van der Waals surface area contributed by atoms with Gasteiger partial charge in [0.2, 0.25) is 0 Å². The average Bonchev–Trinajstić information content (AvgIpc) is 2.37. The molecule has 5 nitrogen and oxygen atoms in total. The van der Waals surface area contributed by atoms with Gasteiger partial charge >= 0.3 is 12.1 Å². The van der Waals surface area contributed by atoms with E-state index in [2.05, 4.69) is 0 Å². The number of benzene rings is 1. The van der Waals surface area contributed by atoms with E-state index in [1.165, 1.54) is 11.0 Å². The van der Waals surface area contributed by atoms with E-state index in [-0.39, 0.29) is 5.56 Å². The Morgan fingerprint density at radius 1 is 1.24 bits per heavy atom. The summed E-state index contributed by atoms with van der Waals surface area (Å²) in [6, 6.07) is 6.47. The molecule has 0 heterocycles. The van der Waals surface area contributed by atoms with Crippen LogP contribution in [0.25, 0.3) is 0 Å². The lowest BCUT2D eigenvalue weighted by atomic mass is 10.1. The molecule has 1 aromatic carbocycles. The molecule has 0 radical (unpaired) electrons. The highest BCUT2D eigenvalue weighted by Gasteiger charge is 2.25. The Kier molecular flexibility index (Phi) is 5.76. The predicted molar refractivity (Wildman–Crippen MR) is 81.9 cm³/mol. The van der Waals surface area contributed by atoms with Crippen molar-refractivity contribution in [1.29, 1.82) is 0 Å². The van der Waals surface area contributed by atoms with Crippen LogP contribution in [0.5, 0.6) is 0 Å². The number of carboxylic acid groups (broad SMARTS) is 1. The Balaban J connectivity index is 3.13. The van der Waals surface area contributed by atoms with Gasteiger partial charge in [0.05, 0.1) is 11.3 Å². The second-order valence-corrected chi connectivity index (χ2v) is 5.81. The summed E-state index contributed by atoms with van der Waals surface area (Å²) in [4.78, 5) is 25.1. The molecular weight excluding hydrogens is 270 g/mol. The Morgan fingerprint density at radius 3 is 2.38 bits per heavy atom. The molecular formula is C16H23NO4. The lowest BCUT2D eigenvalue weighted by molar-refractivity contribution is 0.0579. The van der Waals surface area contributed by atoms with Crippen molar-refractivity contribution in [2.75, 3.05) is 11.4 Å². The number of nitrogens with zero attached hydrogens (tertiary/aromatic N) is 1. The van der Waals surface area contributed by atoms with E-state index in [0.29, 0.717) is 12.2 Å². The van der Waals surface area contributed by atoms with Crippen LogP contribution in [0, 0.1) is 0 Å². The van der Waals surface area contributed by atoms with Gasteiger partial charge in [0.25, 0.3) is 0 Å². The number of rotatable bonds is 5. The van der Waals surface area contributed by atoms with E-state index in [0.717, 1.165) is 12.8 Å². The number of carbonyl (C=O) groups excluding carboxylic acids is 1. The zero-order valence-electron chi connectivity index (χ0n) is 13.0. The van der Waals surface area contributed by atoms with Crippen molar-refractivity contribution in [3.63, 3.8) is 0 Å². The molecule has 116 valence electrons. The number of carbonyl (C=O) groups is 2. The number of unbranched alkanes of at least 4 members (excludes halogenated alkanes) is 1. The molecule has 0 bridgehead atoms. The normalized spacial score (nSPS) is 11.0. The molecule has 1 amide bonds. The van der Waals surface area contributed by atoms with E-state index >= 15 is 0 Å². The highest BCUT2D eigenvalue weighted by Crippen LogP contribution is 2.23. The smallest absolute Gasteiger partial charge is 0.414 e. The summed E-state index contributed by atoms with van der Waals surface area (Å²) in [7, 11) is 0. The van der Waals surface area contributed by atoms with Crippen LogP contribution in [-0.2, 0) is 4.74 Å². The number of carboxylic acids is 1. The first kappa shape index (κ1) is 17.0. The van der Waals surface area contributed by atoms with Crippen LogP contribution >= 0.6 is 0 Å². The number of para-hydroxylation sites is 1. The first-order valence-corrected chi connectivity index (χ1v) is 7.09. The zero-order valence-corrected chi connectivity index (χ0v) is 13.0. The van der Waals surface area contributed by atoms with Crippen LogP contribution in [-0.4, -0.2) is 29.3 Å². The Morgan fingerprint density at radius 2 is 1.86 bits per heavy atom. The summed E-state index contributed by atoms with van der Waals surface area (Å²) in [5.41, 5.74) is -0.160. The maximum Gasteiger partial charge on any atom is 0.414 e. The SMILES string of the molecule is CCCCN(C(=O)OC(C)(C)C)c1ccccc1C(=O)O. The van der Waals surface area contributed by atoms with Gasteiger partial charge in [0.1, 0.15) is 5.60 Å². The van der Waals surface area contributed by atoms with Gasteiger partial charge in [-0.25, -0.2) is 9.59 Å². The number of hydrogen-bond acceptors (Lipinski definition) is 3. The fraction of sp³-hybridized carbons (Fsp3) is 0.500. The zero-order chi connectivity index (χ0) is 16.0. The van der Waals surface area contributed by atoms with Gasteiger partial charge in [0, 0.05) is 6.54 Å². The largest absolute Gasteiger partial charge is 0.478 e. The van der Waals surface area contributed by atoms with Crippen molar-refractivity contribution < 1.29 is 19.4 Å². The van der Waals surface area contributed by atoms with Crippen LogP contribution in [0.15, 0.2) is 24.3 Å². The number of ether oxygens (including phenoxy) is 1. The lowest BCUT2D eigenvalue weighted by Gasteiger charge is -2.28. The monoisotopic (exact) mass is 293 g/mol. The molecule has 0 atom stereocenters. The third-order valence-corrected chi connectivity index (χ3v) is 2.77. The Labute approximate surface area is 125 Å². The summed E-state index contributed by atoms with van der Waals surface area (Å²) >= 11 is 0. The molecule has 0 spiro atoms. The van der Waals surface area contributed by atoms with Crippen molar-refractivity contribution >= 4 is 17.7 Å². The highest BCUT2D eigenvalue weighted by atomic mass is 16.6. The number of aromatic carboxylic acids is 1. The van der Waals surface area contributed by atoms with Crippen LogP contribution in [0.4, 0.5) is 10.5 Å². The molecule has 0 aliphatic heterocycles. The van der Waals surface area contributed by atoms with Crippen LogP contribution < -0.4 is 4.90 Å². The predicted octanol–water partition coefficient (Wildman–Crippen LogP) is 3.93. The second kappa shape index (κ2) is 7.11. The van der Waals surface area contributed by atoms with Gasteiger partial charge in [-0.15, -0.1) is 0 Å². The van der Waals surface area contributed by atoms with E-state index in [1.54, 1.807) is 39.0 Å². The van der Waals surface area contributed by atoms with Crippen molar-refractivity contribution in [2.45, 2.75) is 46.1 Å². The maximum atomic E-state index is 12.4. The van der Waals surface area contributed by atoms with Gasteiger partial charge in [-0.1, -0.05) is 25.5 Å². The van der Waals surface area contributed by atoms with E-state index in [1.807, 2.05) is 6.92 Å². The van der Waals surface area contributed by atoms with Crippen LogP contribution in [0.1, 0.15) is 50.9 Å². The molecule has 0 aliphatic carbocycles. The molecule has 1 aromatic rings. The minimum absolute atomic E-state index is 0.0967. The molecule has 0 saturated heterocycles. The molecule has 0 aromatic heterocycles.